The van der Waals surface area contributed by atoms with E-state index in [1.54, 1.807) is 12.1 Å². The van der Waals surface area contributed by atoms with Crippen LogP contribution in [-0.4, -0.2) is 22.2 Å². The van der Waals surface area contributed by atoms with Crippen molar-refractivity contribution < 1.29 is 19.8 Å². The minimum Gasteiger partial charge on any atom is -0.481 e. The second-order valence-electron chi connectivity index (χ2n) is 4.13. The van der Waals surface area contributed by atoms with Crippen LogP contribution in [0.25, 0.3) is 0 Å². The van der Waals surface area contributed by atoms with Gasteiger partial charge in [-0.2, -0.15) is 0 Å². The number of aromatic carboxylic acids is 1. The van der Waals surface area contributed by atoms with Crippen LogP contribution in [0.3, 0.4) is 0 Å². The van der Waals surface area contributed by atoms with Gasteiger partial charge in [0, 0.05) is 0 Å². The predicted molar refractivity (Wildman–Crippen MR) is 56.6 cm³/mol. The van der Waals surface area contributed by atoms with Crippen LogP contribution in [-0.2, 0) is 10.2 Å². The molecule has 4 heteroatoms. The lowest BCUT2D eigenvalue weighted by molar-refractivity contribution is -0.147. The van der Waals surface area contributed by atoms with E-state index in [9.17, 15) is 14.7 Å². The van der Waals surface area contributed by atoms with E-state index < -0.39 is 17.4 Å². The first-order valence-electron chi connectivity index (χ1n) is 5.13. The van der Waals surface area contributed by atoms with Crippen LogP contribution < -0.4 is 0 Å². The first-order valence-corrected chi connectivity index (χ1v) is 5.13. The monoisotopic (exact) mass is 220 g/mol. The first-order chi connectivity index (χ1) is 7.56. The zero-order chi connectivity index (χ0) is 11.8. The van der Waals surface area contributed by atoms with Crippen molar-refractivity contribution in [3.05, 3.63) is 35.4 Å². The van der Waals surface area contributed by atoms with Crippen LogP contribution in [0.1, 0.15) is 35.2 Å². The van der Waals surface area contributed by atoms with Crippen molar-refractivity contribution in [2.24, 2.45) is 0 Å². The van der Waals surface area contributed by atoms with Crippen molar-refractivity contribution >= 4 is 11.9 Å². The number of hydrogen-bond acceptors (Lipinski definition) is 2. The van der Waals surface area contributed by atoms with Gasteiger partial charge < -0.3 is 10.2 Å². The average molecular weight is 220 g/mol. The van der Waals surface area contributed by atoms with Crippen molar-refractivity contribution in [1.29, 1.82) is 0 Å². The Labute approximate surface area is 92.5 Å². The third kappa shape index (κ3) is 1.46. The Kier molecular flexibility index (Phi) is 2.42. The van der Waals surface area contributed by atoms with E-state index in [2.05, 4.69) is 0 Å². The zero-order valence-corrected chi connectivity index (χ0v) is 8.64. The van der Waals surface area contributed by atoms with Gasteiger partial charge in [0.15, 0.2) is 0 Å². The Balaban J connectivity index is 2.43. The van der Waals surface area contributed by atoms with E-state index in [0.29, 0.717) is 18.4 Å². The number of carboxylic acid groups (broad SMARTS) is 2. The highest BCUT2D eigenvalue weighted by Gasteiger charge is 2.45. The summed E-state index contributed by atoms with van der Waals surface area (Å²) in [4.78, 5) is 22.0. The van der Waals surface area contributed by atoms with Crippen LogP contribution in [0.15, 0.2) is 24.3 Å². The van der Waals surface area contributed by atoms with E-state index in [1.807, 2.05) is 0 Å². The number of carbonyl (C=O) groups is 2. The van der Waals surface area contributed by atoms with Gasteiger partial charge in [-0.15, -0.1) is 0 Å². The fourth-order valence-electron chi connectivity index (χ4n) is 2.11. The molecule has 0 saturated heterocycles. The maximum absolute atomic E-state index is 11.2. The van der Waals surface area contributed by atoms with E-state index in [1.165, 1.54) is 12.1 Å². The molecular formula is C12H12O4. The van der Waals surface area contributed by atoms with E-state index >= 15 is 0 Å². The number of carboxylic acids is 2. The fraction of sp³-hybridized carbons (Fsp3) is 0.333. The first kappa shape index (κ1) is 10.7. The summed E-state index contributed by atoms with van der Waals surface area (Å²) >= 11 is 0. The minimum atomic E-state index is -1.03. The average Bonchev–Trinajstić information content (AvgIpc) is 2.15. The lowest BCUT2D eigenvalue weighted by Gasteiger charge is -2.38. The second kappa shape index (κ2) is 3.63. The molecule has 0 bridgehead atoms. The van der Waals surface area contributed by atoms with Gasteiger partial charge in [-0.1, -0.05) is 18.6 Å². The lowest BCUT2D eigenvalue weighted by atomic mass is 9.64. The molecule has 1 aliphatic carbocycles. The van der Waals surface area contributed by atoms with Gasteiger partial charge in [0.2, 0.25) is 0 Å². The lowest BCUT2D eigenvalue weighted by Crippen LogP contribution is -2.42. The van der Waals surface area contributed by atoms with Gasteiger partial charge in [-0.25, -0.2) is 4.79 Å². The summed E-state index contributed by atoms with van der Waals surface area (Å²) < 4.78 is 0. The smallest absolute Gasteiger partial charge is 0.335 e. The van der Waals surface area contributed by atoms with Crippen molar-refractivity contribution in [1.82, 2.24) is 0 Å². The van der Waals surface area contributed by atoms with Crippen LogP contribution in [0, 0.1) is 0 Å². The molecule has 2 N–H and O–H groups in total. The van der Waals surface area contributed by atoms with Gasteiger partial charge in [0.05, 0.1) is 11.0 Å². The number of benzene rings is 1. The summed E-state index contributed by atoms with van der Waals surface area (Å²) in [5.74, 6) is -1.89. The minimum absolute atomic E-state index is 0.144. The summed E-state index contributed by atoms with van der Waals surface area (Å²) in [5.41, 5.74) is -0.109. The second-order valence-corrected chi connectivity index (χ2v) is 4.13. The molecule has 1 aromatic rings. The van der Waals surface area contributed by atoms with Gasteiger partial charge in [0.25, 0.3) is 0 Å². The molecule has 1 fully saturated rings. The summed E-state index contributed by atoms with van der Waals surface area (Å²) in [6.45, 7) is 0. The summed E-state index contributed by atoms with van der Waals surface area (Å²) in [5, 5.41) is 18.1. The molecule has 16 heavy (non-hydrogen) atoms. The molecular weight excluding hydrogens is 208 g/mol. The molecule has 0 heterocycles. The quantitative estimate of drug-likeness (QED) is 0.815. The maximum atomic E-state index is 11.2. The Morgan fingerprint density at radius 3 is 2.31 bits per heavy atom. The highest BCUT2D eigenvalue weighted by atomic mass is 16.4. The predicted octanol–water partition coefficient (Wildman–Crippen LogP) is 1.89. The Morgan fingerprint density at radius 2 is 1.88 bits per heavy atom. The van der Waals surface area contributed by atoms with Gasteiger partial charge in [0.1, 0.15) is 0 Å². The van der Waals surface area contributed by atoms with Crippen molar-refractivity contribution in [2.75, 3.05) is 0 Å². The van der Waals surface area contributed by atoms with Crippen LogP contribution >= 0.6 is 0 Å². The molecule has 0 amide bonds. The van der Waals surface area contributed by atoms with Crippen molar-refractivity contribution in [3.63, 3.8) is 0 Å². The molecule has 0 atom stereocenters. The molecule has 0 aliphatic heterocycles. The van der Waals surface area contributed by atoms with E-state index in [0.717, 1.165) is 6.42 Å². The molecule has 0 aromatic heterocycles. The highest BCUT2D eigenvalue weighted by Crippen LogP contribution is 2.44. The fourth-order valence-corrected chi connectivity index (χ4v) is 2.11. The zero-order valence-electron chi connectivity index (χ0n) is 8.64. The van der Waals surface area contributed by atoms with Crippen molar-refractivity contribution in [3.8, 4) is 0 Å². The Bertz CT molecular complexity index is 446. The van der Waals surface area contributed by atoms with E-state index in [-0.39, 0.29) is 5.56 Å². The normalized spacial score (nSPS) is 17.5. The molecule has 1 saturated carbocycles. The Morgan fingerprint density at radius 1 is 1.19 bits per heavy atom. The molecule has 4 nitrogen and oxygen atoms in total. The third-order valence-corrected chi connectivity index (χ3v) is 3.28. The highest BCUT2D eigenvalue weighted by molar-refractivity contribution is 5.89. The van der Waals surface area contributed by atoms with Gasteiger partial charge in [-0.05, 0) is 30.5 Å². The van der Waals surface area contributed by atoms with Crippen LogP contribution in [0.5, 0.6) is 0 Å². The third-order valence-electron chi connectivity index (χ3n) is 3.28. The Hall–Kier alpha value is -1.84. The molecule has 1 aliphatic rings. The van der Waals surface area contributed by atoms with Crippen molar-refractivity contribution in [2.45, 2.75) is 24.7 Å². The van der Waals surface area contributed by atoms with Gasteiger partial charge >= 0.3 is 11.9 Å². The topological polar surface area (TPSA) is 74.6 Å². The molecule has 2 rings (SSSR count). The van der Waals surface area contributed by atoms with Crippen LogP contribution in [0.2, 0.25) is 0 Å². The molecule has 0 spiro atoms. The SMILES string of the molecule is O=C(O)c1cccc(C2(C(=O)O)CCC2)c1. The number of aliphatic carboxylic acids is 1. The van der Waals surface area contributed by atoms with E-state index in [4.69, 9.17) is 5.11 Å². The van der Waals surface area contributed by atoms with Gasteiger partial charge in [-0.3, -0.25) is 4.79 Å². The molecule has 0 radical (unpaired) electrons. The van der Waals surface area contributed by atoms with Crippen LogP contribution in [0.4, 0.5) is 0 Å². The molecule has 1 aromatic carbocycles. The number of rotatable bonds is 3. The maximum Gasteiger partial charge on any atom is 0.335 e. The summed E-state index contributed by atoms with van der Waals surface area (Å²) in [6.07, 6.45) is 2.06. The standard InChI is InChI=1S/C12H12O4/c13-10(14)8-3-1-4-9(7-8)12(11(15)16)5-2-6-12/h1,3-4,7H,2,5-6H2,(H,13,14)(H,15,16). The molecule has 0 unspecified atom stereocenters. The number of hydrogen-bond donors (Lipinski definition) is 2. The molecule has 84 valence electrons. The largest absolute Gasteiger partial charge is 0.481 e. The summed E-state index contributed by atoms with van der Waals surface area (Å²) in [6, 6.07) is 6.23. The summed E-state index contributed by atoms with van der Waals surface area (Å²) in [7, 11) is 0.